The van der Waals surface area contributed by atoms with Gasteiger partial charge in [0, 0.05) is 6.21 Å². The topological polar surface area (TPSA) is 120 Å². The van der Waals surface area contributed by atoms with E-state index >= 15 is 0 Å². The van der Waals surface area contributed by atoms with E-state index in [1.165, 1.54) is 6.21 Å². The van der Waals surface area contributed by atoms with Crippen LogP contribution in [-0.2, 0) is 4.79 Å². The molecule has 1 heterocycles. The molecule has 0 aliphatic rings. The molecule has 9 heteroatoms. The summed E-state index contributed by atoms with van der Waals surface area (Å²) in [5.74, 6) is -0.450. The minimum absolute atomic E-state index is 0.00713. The average Bonchev–Trinajstić information content (AvgIpc) is 2.54. The lowest BCUT2D eigenvalue weighted by Crippen LogP contribution is -2.26. The van der Waals surface area contributed by atoms with Gasteiger partial charge in [-0.15, -0.1) is 0 Å². The summed E-state index contributed by atoms with van der Waals surface area (Å²) in [4.78, 5) is 35.7. The number of amides is 1. The summed E-state index contributed by atoms with van der Waals surface area (Å²) < 4.78 is 0. The molecule has 0 bridgehead atoms. The first-order chi connectivity index (χ1) is 11.1. The highest BCUT2D eigenvalue weighted by atomic mass is 32.2. The largest absolute Gasteiger partial charge is 0.342 e. The van der Waals surface area contributed by atoms with Crippen LogP contribution in [0.3, 0.4) is 0 Å². The maximum Gasteiger partial charge on any atom is 0.342 e. The third-order valence-electron chi connectivity index (χ3n) is 2.46. The van der Waals surface area contributed by atoms with Crippen LogP contribution in [0, 0.1) is 0 Å². The van der Waals surface area contributed by atoms with Gasteiger partial charge in [-0.25, -0.2) is 15.3 Å². The van der Waals surface area contributed by atoms with E-state index in [0.717, 1.165) is 17.3 Å². The first kappa shape index (κ1) is 16.4. The number of carbonyl (C=O) groups is 1. The number of H-pyrrole nitrogens is 2. The summed E-state index contributed by atoms with van der Waals surface area (Å²) in [6.45, 7) is 0. The minimum Gasteiger partial charge on any atom is -0.272 e. The van der Waals surface area contributed by atoms with Crippen molar-refractivity contribution in [1.82, 2.24) is 20.6 Å². The van der Waals surface area contributed by atoms with Gasteiger partial charge >= 0.3 is 5.69 Å². The molecule has 0 radical (unpaired) electrons. The van der Waals surface area contributed by atoms with Gasteiger partial charge in [-0.2, -0.15) is 10.2 Å². The average molecular weight is 331 g/mol. The van der Waals surface area contributed by atoms with E-state index < -0.39 is 17.2 Å². The Balaban J connectivity index is 1.77. The molecule has 0 saturated carbocycles. The van der Waals surface area contributed by atoms with E-state index in [2.05, 4.69) is 20.7 Å². The fourth-order valence-electron chi connectivity index (χ4n) is 1.47. The molecule has 0 saturated heterocycles. The van der Waals surface area contributed by atoms with Crippen molar-refractivity contribution in [2.75, 3.05) is 5.75 Å². The number of rotatable bonds is 6. The summed E-state index contributed by atoms with van der Waals surface area (Å²) in [5.41, 5.74) is 2.00. The minimum atomic E-state index is -0.696. The van der Waals surface area contributed by atoms with Gasteiger partial charge in [0.05, 0.1) is 5.75 Å². The normalized spacial score (nSPS) is 11.1. The van der Waals surface area contributed by atoms with E-state index in [0.29, 0.717) is 0 Å². The molecule has 0 unspecified atom stereocenters. The van der Waals surface area contributed by atoms with E-state index in [1.807, 2.05) is 41.4 Å². The van der Waals surface area contributed by atoms with Crippen molar-refractivity contribution in [3.05, 3.63) is 62.8 Å². The van der Waals surface area contributed by atoms with E-state index in [-0.39, 0.29) is 10.8 Å². The Morgan fingerprint density at radius 1 is 1.30 bits per heavy atom. The Bertz CT molecular complexity index is 826. The number of aromatic nitrogens is 3. The summed E-state index contributed by atoms with van der Waals surface area (Å²) >= 11 is 0.896. The molecule has 1 aromatic heterocycles. The maximum atomic E-state index is 11.5. The molecule has 0 spiro atoms. The molecule has 0 fully saturated rings. The Hall–Kier alpha value is -2.94. The van der Waals surface area contributed by atoms with Gasteiger partial charge in [0.25, 0.3) is 5.56 Å². The predicted octanol–water partition coefficient (Wildman–Crippen LogP) is 0.366. The van der Waals surface area contributed by atoms with Crippen LogP contribution in [0.4, 0.5) is 0 Å². The predicted molar refractivity (Wildman–Crippen MR) is 88.3 cm³/mol. The molecule has 118 valence electrons. The van der Waals surface area contributed by atoms with Crippen molar-refractivity contribution in [1.29, 1.82) is 0 Å². The third-order valence-corrected chi connectivity index (χ3v) is 3.42. The zero-order chi connectivity index (χ0) is 16.5. The summed E-state index contributed by atoms with van der Waals surface area (Å²) in [6, 6.07) is 9.64. The summed E-state index contributed by atoms with van der Waals surface area (Å²) in [6.07, 6.45) is 4.98. The van der Waals surface area contributed by atoms with Crippen LogP contribution >= 0.6 is 11.8 Å². The van der Waals surface area contributed by atoms with Gasteiger partial charge < -0.3 is 0 Å². The van der Waals surface area contributed by atoms with Crippen LogP contribution in [0.25, 0.3) is 6.08 Å². The number of nitrogens with one attached hydrogen (secondary N) is 3. The molecule has 1 aromatic carbocycles. The number of allylic oxidation sites excluding steroid dienone is 1. The van der Waals surface area contributed by atoms with Gasteiger partial charge in [-0.3, -0.25) is 14.6 Å². The second kappa shape index (κ2) is 8.49. The lowest BCUT2D eigenvalue weighted by molar-refractivity contribution is -0.118. The van der Waals surface area contributed by atoms with Gasteiger partial charge in [0.1, 0.15) is 0 Å². The Kier molecular flexibility index (Phi) is 6.07. The van der Waals surface area contributed by atoms with Crippen molar-refractivity contribution in [3.8, 4) is 0 Å². The number of hydrazone groups is 1. The molecule has 0 aliphatic heterocycles. The monoisotopic (exact) mass is 331 g/mol. The Labute approximate surface area is 134 Å². The number of hydrogen-bond donors (Lipinski definition) is 3. The number of nitrogens with zero attached hydrogens (tertiary/aromatic N) is 2. The first-order valence-electron chi connectivity index (χ1n) is 6.50. The maximum absolute atomic E-state index is 11.5. The standard InChI is InChI=1S/C14H13N5O3S/c20-11(9-23-13-12(21)16-14(22)19-18-13)17-15-8-4-7-10-5-2-1-3-6-10/h1-8H,9H2,(H,17,20)(H2,16,19,21,22)/b7-4-,15-8-. The van der Waals surface area contributed by atoms with Crippen LogP contribution in [0.15, 0.2) is 56.1 Å². The van der Waals surface area contributed by atoms with Crippen molar-refractivity contribution < 1.29 is 4.79 Å². The molecular weight excluding hydrogens is 318 g/mol. The highest BCUT2D eigenvalue weighted by Gasteiger charge is 2.06. The molecular formula is C14H13N5O3S. The Morgan fingerprint density at radius 3 is 2.83 bits per heavy atom. The van der Waals surface area contributed by atoms with E-state index in [4.69, 9.17) is 0 Å². The van der Waals surface area contributed by atoms with Gasteiger partial charge in [0.2, 0.25) is 5.91 Å². The van der Waals surface area contributed by atoms with Crippen LogP contribution in [0.2, 0.25) is 0 Å². The molecule has 1 amide bonds. The fraction of sp³-hybridized carbons (Fsp3) is 0.0714. The lowest BCUT2D eigenvalue weighted by Gasteiger charge is -1.98. The molecule has 2 aromatic rings. The smallest absolute Gasteiger partial charge is 0.272 e. The van der Waals surface area contributed by atoms with Crippen LogP contribution in [0.5, 0.6) is 0 Å². The molecule has 2 rings (SSSR count). The SMILES string of the molecule is O=C(CSc1n[nH]c(=O)[nH]c1=O)N/N=C\C=C/c1ccccc1. The molecule has 0 atom stereocenters. The zero-order valence-electron chi connectivity index (χ0n) is 11.9. The number of carbonyl (C=O) groups excluding carboxylic acids is 1. The van der Waals surface area contributed by atoms with Crippen molar-refractivity contribution in [2.24, 2.45) is 5.10 Å². The molecule has 8 nitrogen and oxygen atoms in total. The van der Waals surface area contributed by atoms with Gasteiger partial charge in [-0.1, -0.05) is 48.2 Å². The highest BCUT2D eigenvalue weighted by Crippen LogP contribution is 2.06. The first-order valence-corrected chi connectivity index (χ1v) is 7.49. The molecule has 0 aliphatic carbocycles. The Morgan fingerprint density at radius 2 is 2.09 bits per heavy atom. The molecule has 23 heavy (non-hydrogen) atoms. The van der Waals surface area contributed by atoms with E-state index in [9.17, 15) is 14.4 Å². The van der Waals surface area contributed by atoms with Crippen LogP contribution in [-0.4, -0.2) is 33.1 Å². The number of hydrogen-bond acceptors (Lipinski definition) is 6. The van der Waals surface area contributed by atoms with E-state index in [1.54, 1.807) is 6.08 Å². The summed E-state index contributed by atoms with van der Waals surface area (Å²) in [5, 5.41) is 9.39. The second-order valence-electron chi connectivity index (χ2n) is 4.18. The zero-order valence-corrected chi connectivity index (χ0v) is 12.7. The highest BCUT2D eigenvalue weighted by molar-refractivity contribution is 7.99. The number of thioether (sulfide) groups is 1. The quantitative estimate of drug-likeness (QED) is 0.401. The van der Waals surface area contributed by atoms with Gasteiger partial charge in [0.15, 0.2) is 5.03 Å². The van der Waals surface area contributed by atoms with Crippen molar-refractivity contribution in [2.45, 2.75) is 5.03 Å². The summed E-state index contributed by atoms with van der Waals surface area (Å²) in [7, 11) is 0. The number of aromatic amines is 2. The third kappa shape index (κ3) is 5.75. The fourth-order valence-corrected chi connectivity index (χ4v) is 2.10. The second-order valence-corrected chi connectivity index (χ2v) is 5.15. The lowest BCUT2D eigenvalue weighted by atomic mass is 10.2. The van der Waals surface area contributed by atoms with Crippen LogP contribution < -0.4 is 16.7 Å². The number of benzene rings is 1. The van der Waals surface area contributed by atoms with Crippen LogP contribution in [0.1, 0.15) is 5.56 Å². The molecule has 3 N–H and O–H groups in total. The van der Waals surface area contributed by atoms with Crippen molar-refractivity contribution in [3.63, 3.8) is 0 Å². The van der Waals surface area contributed by atoms with Gasteiger partial charge in [-0.05, 0) is 11.6 Å². The van der Waals surface area contributed by atoms with Crippen molar-refractivity contribution >= 4 is 30.0 Å².